The summed E-state index contributed by atoms with van der Waals surface area (Å²) in [6.45, 7) is 4.28. The number of piperidine rings is 1. The van der Waals surface area contributed by atoms with Crippen LogP contribution in [0.25, 0.3) is 0 Å². The zero-order chi connectivity index (χ0) is 22.9. The lowest BCUT2D eigenvalue weighted by atomic mass is 9.96. The summed E-state index contributed by atoms with van der Waals surface area (Å²) < 4.78 is 11.8. The first-order valence-electron chi connectivity index (χ1n) is 12.0. The van der Waals surface area contributed by atoms with Gasteiger partial charge in [0.1, 0.15) is 11.9 Å². The van der Waals surface area contributed by atoms with Crippen LogP contribution in [0.5, 0.6) is 5.75 Å². The molecular weight excluding hydrogens is 430 g/mol. The molecule has 1 aliphatic rings. The first-order valence-corrected chi connectivity index (χ1v) is 12.4. The molecule has 4 rings (SSSR count). The number of hydrogen-bond acceptors (Lipinski definition) is 3. The minimum absolute atomic E-state index is 0.0500. The largest absolute Gasteiger partial charge is 0.497 e. The van der Waals surface area contributed by atoms with Crippen LogP contribution in [0.1, 0.15) is 42.1 Å². The number of likely N-dealkylation sites (tertiary alicyclic amines) is 1. The summed E-state index contributed by atoms with van der Waals surface area (Å²) in [6, 6.07) is 27.0. The molecule has 0 aliphatic carbocycles. The highest BCUT2D eigenvalue weighted by molar-refractivity contribution is 6.30. The molecular formula is C29H34ClNO2. The average molecular weight is 464 g/mol. The number of rotatable bonds is 10. The van der Waals surface area contributed by atoms with Gasteiger partial charge in [-0.2, -0.15) is 0 Å². The number of benzene rings is 3. The van der Waals surface area contributed by atoms with Crippen molar-refractivity contribution in [2.75, 3.05) is 33.4 Å². The second-order valence-electron chi connectivity index (χ2n) is 8.91. The molecule has 174 valence electrons. The SMILES string of the molecule is COc1ccc(CCCN2CCC(COC(c3ccccc3)c3ccc(Cl)cc3)CC2)cc1. The number of methoxy groups -OCH3 is 1. The Kier molecular flexibility index (Phi) is 8.82. The zero-order valence-corrected chi connectivity index (χ0v) is 20.2. The number of halogens is 1. The van der Waals surface area contributed by atoms with Gasteiger partial charge in [-0.3, -0.25) is 0 Å². The van der Waals surface area contributed by atoms with E-state index < -0.39 is 0 Å². The number of aryl methyl sites for hydroxylation is 1. The van der Waals surface area contributed by atoms with Crippen LogP contribution >= 0.6 is 11.6 Å². The molecule has 1 aliphatic heterocycles. The van der Waals surface area contributed by atoms with Gasteiger partial charge in [-0.1, -0.05) is 66.2 Å². The highest BCUT2D eigenvalue weighted by Crippen LogP contribution is 2.29. The molecule has 1 heterocycles. The quantitative estimate of drug-likeness (QED) is 0.330. The molecule has 1 atom stereocenters. The van der Waals surface area contributed by atoms with Gasteiger partial charge < -0.3 is 14.4 Å². The molecule has 3 aromatic rings. The molecule has 0 aromatic heterocycles. The molecule has 0 spiro atoms. The first-order chi connectivity index (χ1) is 16.2. The van der Waals surface area contributed by atoms with Crippen LogP contribution in [0.3, 0.4) is 0 Å². The van der Waals surface area contributed by atoms with Gasteiger partial charge in [0.05, 0.1) is 13.7 Å². The topological polar surface area (TPSA) is 21.7 Å². The first kappa shape index (κ1) is 23.8. The van der Waals surface area contributed by atoms with Crippen molar-refractivity contribution < 1.29 is 9.47 Å². The van der Waals surface area contributed by atoms with Crippen LogP contribution in [0.4, 0.5) is 0 Å². The average Bonchev–Trinajstić information content (AvgIpc) is 2.87. The number of ether oxygens (including phenoxy) is 2. The Balaban J connectivity index is 1.23. The molecule has 1 fully saturated rings. The smallest absolute Gasteiger partial charge is 0.118 e. The van der Waals surface area contributed by atoms with Crippen LogP contribution in [0, 0.1) is 5.92 Å². The van der Waals surface area contributed by atoms with Crippen molar-refractivity contribution in [3.05, 3.63) is 101 Å². The number of hydrogen-bond donors (Lipinski definition) is 0. The van der Waals surface area contributed by atoms with Crippen molar-refractivity contribution in [2.24, 2.45) is 5.92 Å². The summed E-state index contributed by atoms with van der Waals surface area (Å²) in [7, 11) is 1.71. The predicted molar refractivity (Wildman–Crippen MR) is 136 cm³/mol. The molecule has 0 N–H and O–H groups in total. The molecule has 1 saturated heterocycles. The predicted octanol–water partition coefficient (Wildman–Crippen LogP) is 6.80. The summed E-state index contributed by atoms with van der Waals surface area (Å²) in [5, 5.41) is 0.755. The Morgan fingerprint density at radius 2 is 1.55 bits per heavy atom. The number of nitrogens with zero attached hydrogens (tertiary/aromatic N) is 1. The van der Waals surface area contributed by atoms with Gasteiger partial charge in [-0.05, 0) is 92.2 Å². The summed E-state index contributed by atoms with van der Waals surface area (Å²) in [5.74, 6) is 1.54. The molecule has 3 aromatic carbocycles. The van der Waals surface area contributed by atoms with Crippen molar-refractivity contribution >= 4 is 11.6 Å². The summed E-state index contributed by atoms with van der Waals surface area (Å²) in [5.41, 5.74) is 3.73. The lowest BCUT2D eigenvalue weighted by Crippen LogP contribution is -2.36. The molecule has 33 heavy (non-hydrogen) atoms. The maximum Gasteiger partial charge on any atom is 0.118 e. The highest BCUT2D eigenvalue weighted by atomic mass is 35.5. The van der Waals surface area contributed by atoms with Gasteiger partial charge in [0.2, 0.25) is 0 Å². The lowest BCUT2D eigenvalue weighted by molar-refractivity contribution is 0.0309. The fraction of sp³-hybridized carbons (Fsp3) is 0.379. The third-order valence-corrected chi connectivity index (χ3v) is 6.83. The minimum atomic E-state index is -0.0500. The fourth-order valence-electron chi connectivity index (χ4n) is 4.56. The minimum Gasteiger partial charge on any atom is -0.497 e. The normalized spacial score (nSPS) is 15.9. The van der Waals surface area contributed by atoms with Crippen molar-refractivity contribution in [2.45, 2.75) is 31.8 Å². The third kappa shape index (κ3) is 7.07. The van der Waals surface area contributed by atoms with E-state index in [1.54, 1.807) is 7.11 Å². The van der Waals surface area contributed by atoms with Crippen LogP contribution in [0.2, 0.25) is 5.02 Å². The van der Waals surface area contributed by atoms with E-state index in [4.69, 9.17) is 21.1 Å². The Hall–Kier alpha value is -2.33. The van der Waals surface area contributed by atoms with Gasteiger partial charge >= 0.3 is 0 Å². The van der Waals surface area contributed by atoms with Gasteiger partial charge in [-0.15, -0.1) is 0 Å². The van der Waals surface area contributed by atoms with E-state index in [0.29, 0.717) is 5.92 Å². The van der Waals surface area contributed by atoms with E-state index in [9.17, 15) is 0 Å². The maximum absolute atomic E-state index is 6.51. The lowest BCUT2D eigenvalue weighted by Gasteiger charge is -2.32. The van der Waals surface area contributed by atoms with Crippen LogP contribution < -0.4 is 4.74 Å². The monoisotopic (exact) mass is 463 g/mol. The van der Waals surface area contributed by atoms with Crippen molar-refractivity contribution in [1.82, 2.24) is 4.90 Å². The molecule has 1 unspecified atom stereocenters. The highest BCUT2D eigenvalue weighted by Gasteiger charge is 2.22. The summed E-state index contributed by atoms with van der Waals surface area (Å²) in [4.78, 5) is 2.61. The van der Waals surface area contributed by atoms with Crippen molar-refractivity contribution in [3.8, 4) is 5.75 Å². The molecule has 0 saturated carbocycles. The Bertz CT molecular complexity index is 951. The van der Waals surface area contributed by atoms with Gasteiger partial charge in [0, 0.05) is 5.02 Å². The van der Waals surface area contributed by atoms with Crippen LogP contribution in [-0.2, 0) is 11.2 Å². The second kappa shape index (κ2) is 12.2. The van der Waals surface area contributed by atoms with E-state index >= 15 is 0 Å². The summed E-state index contributed by atoms with van der Waals surface area (Å²) in [6.07, 6.45) is 4.66. The fourth-order valence-corrected chi connectivity index (χ4v) is 4.68. The van der Waals surface area contributed by atoms with E-state index in [1.165, 1.54) is 30.4 Å². The van der Waals surface area contributed by atoms with Gasteiger partial charge in [0.15, 0.2) is 0 Å². The van der Waals surface area contributed by atoms with E-state index in [-0.39, 0.29) is 6.10 Å². The van der Waals surface area contributed by atoms with E-state index in [0.717, 1.165) is 49.0 Å². The molecule has 0 radical (unpaired) electrons. The van der Waals surface area contributed by atoms with Crippen molar-refractivity contribution in [3.63, 3.8) is 0 Å². The van der Waals surface area contributed by atoms with Crippen LogP contribution in [0.15, 0.2) is 78.9 Å². The second-order valence-corrected chi connectivity index (χ2v) is 9.35. The Morgan fingerprint density at radius 3 is 2.21 bits per heavy atom. The molecule has 3 nitrogen and oxygen atoms in total. The molecule has 0 bridgehead atoms. The Labute approximate surface area is 203 Å². The zero-order valence-electron chi connectivity index (χ0n) is 19.5. The Morgan fingerprint density at radius 1 is 0.879 bits per heavy atom. The molecule has 4 heteroatoms. The van der Waals surface area contributed by atoms with E-state index in [1.807, 2.05) is 30.3 Å². The maximum atomic E-state index is 6.51. The van der Waals surface area contributed by atoms with Gasteiger partial charge in [0.25, 0.3) is 0 Å². The standard InChI is InChI=1S/C29H34ClNO2/c1-32-28-15-9-23(10-16-28)6-5-19-31-20-17-24(18-21-31)22-33-29(25-7-3-2-4-8-25)26-11-13-27(30)14-12-26/h2-4,7-16,24,29H,5-6,17-22H2,1H3. The van der Waals surface area contributed by atoms with E-state index in [2.05, 4.69) is 53.4 Å². The van der Waals surface area contributed by atoms with Crippen LogP contribution in [-0.4, -0.2) is 38.3 Å². The summed E-state index contributed by atoms with van der Waals surface area (Å²) >= 11 is 6.11. The van der Waals surface area contributed by atoms with Gasteiger partial charge in [-0.25, -0.2) is 0 Å². The van der Waals surface area contributed by atoms with Crippen molar-refractivity contribution in [1.29, 1.82) is 0 Å². The molecule has 0 amide bonds. The third-order valence-electron chi connectivity index (χ3n) is 6.58.